The van der Waals surface area contributed by atoms with E-state index in [4.69, 9.17) is 11.6 Å². The van der Waals surface area contributed by atoms with E-state index in [0.717, 1.165) is 19.3 Å². The first-order valence-electron chi connectivity index (χ1n) is 7.45. The van der Waals surface area contributed by atoms with Gasteiger partial charge in [0.25, 0.3) is 0 Å². The fourth-order valence-electron chi connectivity index (χ4n) is 3.29. The molecule has 4 heteroatoms. The molecular formula is C17H23ClO3. The Balaban J connectivity index is 2.67. The van der Waals surface area contributed by atoms with Gasteiger partial charge in [0.05, 0.1) is 5.41 Å². The molecule has 0 unspecified atom stereocenters. The highest BCUT2D eigenvalue weighted by molar-refractivity contribution is 6.30. The van der Waals surface area contributed by atoms with Crippen molar-refractivity contribution in [2.75, 3.05) is 0 Å². The van der Waals surface area contributed by atoms with E-state index in [0.29, 0.717) is 29.0 Å². The molecule has 1 saturated carbocycles. The van der Waals surface area contributed by atoms with Crippen molar-refractivity contribution in [1.29, 1.82) is 0 Å². The smallest absolute Gasteiger partial charge is 0.314 e. The van der Waals surface area contributed by atoms with Crippen LogP contribution in [0.1, 0.15) is 64.0 Å². The third-order valence-electron chi connectivity index (χ3n) is 4.51. The summed E-state index contributed by atoms with van der Waals surface area (Å²) in [6.07, 6.45) is 3.88. The second kappa shape index (κ2) is 5.53. The zero-order valence-electron chi connectivity index (χ0n) is 12.9. The zero-order valence-corrected chi connectivity index (χ0v) is 13.6. The van der Waals surface area contributed by atoms with Crippen LogP contribution in [0.3, 0.4) is 0 Å². The maximum Gasteiger partial charge on any atom is 0.314 e. The Morgan fingerprint density at radius 2 is 1.76 bits per heavy atom. The minimum atomic E-state index is -1.01. The number of carboxylic acids is 1. The topological polar surface area (TPSA) is 57.5 Å². The first-order chi connectivity index (χ1) is 9.68. The number of phenols is 1. The molecule has 0 amide bonds. The summed E-state index contributed by atoms with van der Waals surface area (Å²) in [5.74, 6) is -0.768. The molecule has 3 nitrogen and oxygen atoms in total. The van der Waals surface area contributed by atoms with E-state index in [1.807, 2.05) is 20.8 Å². The van der Waals surface area contributed by atoms with Gasteiger partial charge in [-0.2, -0.15) is 0 Å². The average Bonchev–Trinajstić information content (AvgIpc) is 2.40. The molecule has 1 aliphatic rings. The fraction of sp³-hybridized carbons (Fsp3) is 0.588. The van der Waals surface area contributed by atoms with Gasteiger partial charge in [-0.1, -0.05) is 51.6 Å². The molecule has 116 valence electrons. The van der Waals surface area contributed by atoms with E-state index in [1.54, 1.807) is 12.1 Å². The lowest BCUT2D eigenvalue weighted by Gasteiger charge is -2.35. The SMILES string of the molecule is CC(C)(C)c1cc(Cl)cc(C2(C(=O)O)CCCCC2)c1O. The quantitative estimate of drug-likeness (QED) is 0.837. The normalized spacial score (nSPS) is 18.5. The van der Waals surface area contributed by atoms with Crippen molar-refractivity contribution in [3.05, 3.63) is 28.3 Å². The number of carboxylic acid groups (broad SMARTS) is 1. The second-order valence-electron chi connectivity index (χ2n) is 7.05. The Bertz CT molecular complexity index is 552. The van der Waals surface area contributed by atoms with Crippen LogP contribution in [0.2, 0.25) is 5.02 Å². The highest BCUT2D eigenvalue weighted by Gasteiger charge is 2.44. The van der Waals surface area contributed by atoms with Crippen molar-refractivity contribution in [3.8, 4) is 5.75 Å². The van der Waals surface area contributed by atoms with Gasteiger partial charge in [0.15, 0.2) is 0 Å². The van der Waals surface area contributed by atoms with Gasteiger partial charge in [0.1, 0.15) is 5.75 Å². The van der Waals surface area contributed by atoms with Crippen LogP contribution < -0.4 is 0 Å². The lowest BCUT2D eigenvalue weighted by molar-refractivity contribution is -0.145. The summed E-state index contributed by atoms with van der Waals surface area (Å²) in [6.45, 7) is 5.95. The summed E-state index contributed by atoms with van der Waals surface area (Å²) in [7, 11) is 0. The van der Waals surface area contributed by atoms with E-state index in [-0.39, 0.29) is 11.2 Å². The van der Waals surface area contributed by atoms with Gasteiger partial charge in [-0.05, 0) is 30.4 Å². The van der Waals surface area contributed by atoms with Crippen LogP contribution in [0.5, 0.6) is 5.75 Å². The van der Waals surface area contributed by atoms with Crippen molar-refractivity contribution in [2.45, 2.75) is 63.7 Å². The Labute approximate surface area is 130 Å². The van der Waals surface area contributed by atoms with Crippen LogP contribution in [-0.2, 0) is 15.6 Å². The van der Waals surface area contributed by atoms with Gasteiger partial charge >= 0.3 is 5.97 Å². The summed E-state index contributed by atoms with van der Waals surface area (Å²) in [5, 5.41) is 21.0. The Morgan fingerprint density at radius 1 is 1.19 bits per heavy atom. The number of carbonyl (C=O) groups is 1. The number of halogens is 1. The third kappa shape index (κ3) is 2.89. The van der Waals surface area contributed by atoms with Gasteiger partial charge in [-0.15, -0.1) is 0 Å². The number of aromatic hydroxyl groups is 1. The number of rotatable bonds is 2. The number of benzene rings is 1. The first kappa shape index (κ1) is 16.2. The first-order valence-corrected chi connectivity index (χ1v) is 7.83. The van der Waals surface area contributed by atoms with Crippen molar-refractivity contribution >= 4 is 17.6 Å². The summed E-state index contributed by atoms with van der Waals surface area (Å²) >= 11 is 6.21. The van der Waals surface area contributed by atoms with Crippen molar-refractivity contribution in [3.63, 3.8) is 0 Å². The highest BCUT2D eigenvalue weighted by Crippen LogP contribution is 2.47. The van der Waals surface area contributed by atoms with Crippen LogP contribution >= 0.6 is 11.6 Å². The monoisotopic (exact) mass is 310 g/mol. The molecule has 0 aromatic heterocycles. The van der Waals surface area contributed by atoms with Gasteiger partial charge in [-0.25, -0.2) is 0 Å². The molecule has 0 radical (unpaired) electrons. The molecular weight excluding hydrogens is 288 g/mol. The Morgan fingerprint density at radius 3 is 2.24 bits per heavy atom. The molecule has 0 atom stereocenters. The van der Waals surface area contributed by atoms with E-state index < -0.39 is 11.4 Å². The van der Waals surface area contributed by atoms with Crippen molar-refractivity contribution in [2.24, 2.45) is 0 Å². The van der Waals surface area contributed by atoms with Gasteiger partial charge in [0.2, 0.25) is 0 Å². The second-order valence-corrected chi connectivity index (χ2v) is 7.48. The third-order valence-corrected chi connectivity index (χ3v) is 4.73. The molecule has 0 saturated heterocycles. The number of hydrogen-bond acceptors (Lipinski definition) is 2. The van der Waals surface area contributed by atoms with Gasteiger partial charge in [-0.3, -0.25) is 4.79 Å². The average molecular weight is 311 g/mol. The molecule has 2 rings (SSSR count). The molecule has 0 heterocycles. The van der Waals surface area contributed by atoms with Crippen molar-refractivity contribution < 1.29 is 15.0 Å². The summed E-state index contributed by atoms with van der Waals surface area (Å²) in [6, 6.07) is 3.37. The summed E-state index contributed by atoms with van der Waals surface area (Å²) < 4.78 is 0. The lowest BCUT2D eigenvalue weighted by Crippen LogP contribution is -2.38. The molecule has 2 N–H and O–H groups in total. The number of phenolic OH excluding ortho intramolecular Hbond substituents is 1. The molecule has 0 aliphatic heterocycles. The van der Waals surface area contributed by atoms with Crippen LogP contribution in [0.4, 0.5) is 0 Å². The van der Waals surface area contributed by atoms with Gasteiger partial charge in [0, 0.05) is 16.1 Å². The van der Waals surface area contributed by atoms with E-state index >= 15 is 0 Å². The molecule has 21 heavy (non-hydrogen) atoms. The molecule has 1 fully saturated rings. The van der Waals surface area contributed by atoms with Crippen LogP contribution in [0.25, 0.3) is 0 Å². The van der Waals surface area contributed by atoms with E-state index in [9.17, 15) is 15.0 Å². The minimum absolute atomic E-state index is 0.0937. The Hall–Kier alpha value is -1.22. The largest absolute Gasteiger partial charge is 0.507 e. The molecule has 1 aromatic carbocycles. The maximum atomic E-state index is 11.9. The predicted octanol–water partition coefficient (Wildman–Crippen LogP) is 4.63. The Kier molecular flexibility index (Phi) is 4.25. The lowest BCUT2D eigenvalue weighted by atomic mass is 9.68. The van der Waals surface area contributed by atoms with Crippen LogP contribution in [0, 0.1) is 0 Å². The number of aliphatic carboxylic acids is 1. The number of hydrogen-bond donors (Lipinski definition) is 2. The van der Waals surface area contributed by atoms with E-state index in [1.165, 1.54) is 0 Å². The van der Waals surface area contributed by atoms with Gasteiger partial charge < -0.3 is 10.2 Å². The predicted molar refractivity (Wildman–Crippen MR) is 84.2 cm³/mol. The minimum Gasteiger partial charge on any atom is -0.507 e. The van der Waals surface area contributed by atoms with Crippen molar-refractivity contribution in [1.82, 2.24) is 0 Å². The van der Waals surface area contributed by atoms with Crippen LogP contribution in [-0.4, -0.2) is 16.2 Å². The molecule has 1 aliphatic carbocycles. The highest BCUT2D eigenvalue weighted by atomic mass is 35.5. The van der Waals surface area contributed by atoms with Crippen LogP contribution in [0.15, 0.2) is 12.1 Å². The molecule has 1 aromatic rings. The molecule has 0 bridgehead atoms. The summed E-state index contributed by atoms with van der Waals surface area (Å²) in [4.78, 5) is 11.9. The maximum absolute atomic E-state index is 11.9. The van der Waals surface area contributed by atoms with E-state index in [2.05, 4.69) is 0 Å². The summed E-state index contributed by atoms with van der Waals surface area (Å²) in [5.41, 5.74) is -0.117. The zero-order chi connectivity index (χ0) is 15.8. The standard InChI is InChI=1S/C17H23ClO3/c1-16(2,3)12-9-11(18)10-13(14(12)19)17(15(20)21)7-5-4-6-8-17/h9-10,19H,4-8H2,1-3H3,(H,20,21). The molecule has 0 spiro atoms. The fourth-order valence-corrected chi connectivity index (χ4v) is 3.51.